The van der Waals surface area contributed by atoms with Gasteiger partial charge >= 0.3 is 0 Å². The van der Waals surface area contributed by atoms with E-state index >= 15 is 0 Å². The zero-order chi connectivity index (χ0) is 12.0. The fraction of sp³-hybridized carbons (Fsp3) is 0.417. The molecule has 0 fully saturated rings. The minimum atomic E-state index is -0.0198. The second-order valence-corrected chi connectivity index (χ2v) is 4.80. The lowest BCUT2D eigenvalue weighted by atomic mass is 10.2. The van der Waals surface area contributed by atoms with Gasteiger partial charge in [-0.15, -0.1) is 0 Å². The Bertz CT molecular complexity index is 355. The molecule has 1 amide bonds. The fourth-order valence-electron chi connectivity index (χ4n) is 1.31. The van der Waals surface area contributed by atoms with E-state index in [0.29, 0.717) is 6.61 Å². The molecule has 1 aromatic carbocycles. The summed E-state index contributed by atoms with van der Waals surface area (Å²) in [6, 6.07) is 7.68. The zero-order valence-corrected chi connectivity index (χ0v) is 11.7. The van der Waals surface area contributed by atoms with Crippen LogP contribution in [0.3, 0.4) is 0 Å². The van der Waals surface area contributed by atoms with Crippen molar-refractivity contribution in [3.63, 3.8) is 0 Å². The second kappa shape index (κ2) is 6.85. The molecule has 0 radical (unpaired) electrons. The predicted octanol–water partition coefficient (Wildman–Crippen LogP) is 2.45. The standard InChI is InChI=1S/C12H16INO2/c1-9(7-8-16-2)14-12(15)10-5-3-4-6-11(10)13/h3-6,9H,7-8H2,1-2H3,(H,14,15). The van der Waals surface area contributed by atoms with E-state index in [0.717, 1.165) is 15.6 Å². The zero-order valence-electron chi connectivity index (χ0n) is 9.50. The lowest BCUT2D eigenvalue weighted by molar-refractivity contribution is 0.0928. The van der Waals surface area contributed by atoms with Crippen molar-refractivity contribution in [1.29, 1.82) is 0 Å². The van der Waals surface area contributed by atoms with Gasteiger partial charge in [0.05, 0.1) is 5.56 Å². The normalized spacial score (nSPS) is 12.2. The summed E-state index contributed by atoms with van der Waals surface area (Å²) in [6.45, 7) is 2.64. The van der Waals surface area contributed by atoms with Crippen LogP contribution in [-0.4, -0.2) is 25.7 Å². The maximum absolute atomic E-state index is 11.9. The molecular weight excluding hydrogens is 317 g/mol. The number of nitrogens with one attached hydrogen (secondary N) is 1. The lowest BCUT2D eigenvalue weighted by Crippen LogP contribution is -2.33. The molecule has 1 rings (SSSR count). The average molecular weight is 333 g/mol. The van der Waals surface area contributed by atoms with E-state index in [4.69, 9.17) is 4.74 Å². The quantitative estimate of drug-likeness (QED) is 0.841. The molecule has 0 aliphatic heterocycles. The summed E-state index contributed by atoms with van der Waals surface area (Å²) < 4.78 is 5.94. The van der Waals surface area contributed by atoms with Crippen molar-refractivity contribution in [2.75, 3.05) is 13.7 Å². The molecule has 0 bridgehead atoms. The number of carbonyl (C=O) groups is 1. The molecule has 0 heterocycles. The number of benzene rings is 1. The van der Waals surface area contributed by atoms with E-state index in [2.05, 4.69) is 27.9 Å². The highest BCUT2D eigenvalue weighted by molar-refractivity contribution is 14.1. The topological polar surface area (TPSA) is 38.3 Å². The van der Waals surface area contributed by atoms with Gasteiger partial charge in [-0.1, -0.05) is 12.1 Å². The summed E-state index contributed by atoms with van der Waals surface area (Å²) in [5.74, 6) is -0.0198. The highest BCUT2D eigenvalue weighted by Crippen LogP contribution is 2.11. The lowest BCUT2D eigenvalue weighted by Gasteiger charge is -2.13. The van der Waals surface area contributed by atoms with Crippen LogP contribution in [0.2, 0.25) is 0 Å². The minimum Gasteiger partial charge on any atom is -0.385 e. The van der Waals surface area contributed by atoms with E-state index < -0.39 is 0 Å². The van der Waals surface area contributed by atoms with Crippen LogP contribution in [0.15, 0.2) is 24.3 Å². The Labute approximate surface area is 110 Å². The molecule has 0 spiro atoms. The van der Waals surface area contributed by atoms with Crippen molar-refractivity contribution in [2.45, 2.75) is 19.4 Å². The molecule has 1 unspecified atom stereocenters. The number of rotatable bonds is 5. The van der Waals surface area contributed by atoms with E-state index in [1.807, 2.05) is 31.2 Å². The van der Waals surface area contributed by atoms with E-state index in [1.54, 1.807) is 7.11 Å². The maximum atomic E-state index is 11.9. The largest absolute Gasteiger partial charge is 0.385 e. The molecule has 3 nitrogen and oxygen atoms in total. The van der Waals surface area contributed by atoms with Gasteiger partial charge in [0, 0.05) is 23.3 Å². The van der Waals surface area contributed by atoms with E-state index in [-0.39, 0.29) is 11.9 Å². The first kappa shape index (κ1) is 13.4. The van der Waals surface area contributed by atoms with Crippen LogP contribution in [0.4, 0.5) is 0 Å². The van der Waals surface area contributed by atoms with Crippen LogP contribution in [0.5, 0.6) is 0 Å². The third-order valence-electron chi connectivity index (χ3n) is 2.25. The molecule has 1 N–H and O–H groups in total. The Balaban J connectivity index is 2.56. The Morgan fingerprint density at radius 3 is 2.81 bits per heavy atom. The van der Waals surface area contributed by atoms with Gasteiger partial charge in [-0.3, -0.25) is 4.79 Å². The summed E-state index contributed by atoms with van der Waals surface area (Å²) in [5, 5.41) is 2.95. The van der Waals surface area contributed by atoms with Gasteiger partial charge in [-0.2, -0.15) is 0 Å². The Hall–Kier alpha value is -0.620. The first-order chi connectivity index (χ1) is 7.65. The number of ether oxygens (including phenoxy) is 1. The summed E-state index contributed by atoms with van der Waals surface area (Å²) in [4.78, 5) is 11.9. The van der Waals surface area contributed by atoms with Crippen LogP contribution in [0.1, 0.15) is 23.7 Å². The predicted molar refractivity (Wildman–Crippen MR) is 72.6 cm³/mol. The smallest absolute Gasteiger partial charge is 0.252 e. The summed E-state index contributed by atoms with van der Waals surface area (Å²) >= 11 is 2.17. The van der Waals surface area contributed by atoms with Crippen LogP contribution in [0.25, 0.3) is 0 Å². The number of methoxy groups -OCH3 is 1. The van der Waals surface area contributed by atoms with Gasteiger partial charge in [-0.25, -0.2) is 0 Å². The van der Waals surface area contributed by atoms with Crippen molar-refractivity contribution < 1.29 is 9.53 Å². The second-order valence-electron chi connectivity index (χ2n) is 3.64. The third kappa shape index (κ3) is 4.09. The van der Waals surface area contributed by atoms with Gasteiger partial charge < -0.3 is 10.1 Å². The fourth-order valence-corrected chi connectivity index (χ4v) is 1.95. The van der Waals surface area contributed by atoms with Crippen LogP contribution >= 0.6 is 22.6 Å². The molecule has 0 aromatic heterocycles. The van der Waals surface area contributed by atoms with Crippen molar-refractivity contribution in [3.8, 4) is 0 Å². The molecule has 1 aromatic rings. The minimum absolute atomic E-state index is 0.0198. The van der Waals surface area contributed by atoms with Crippen molar-refractivity contribution >= 4 is 28.5 Å². The van der Waals surface area contributed by atoms with E-state index in [1.165, 1.54) is 0 Å². The Morgan fingerprint density at radius 2 is 2.19 bits per heavy atom. The van der Waals surface area contributed by atoms with Crippen LogP contribution in [-0.2, 0) is 4.74 Å². The monoisotopic (exact) mass is 333 g/mol. The number of hydrogen-bond acceptors (Lipinski definition) is 2. The summed E-state index contributed by atoms with van der Waals surface area (Å²) in [5.41, 5.74) is 0.729. The molecule has 0 saturated carbocycles. The number of carbonyl (C=O) groups excluding carboxylic acids is 1. The third-order valence-corrected chi connectivity index (χ3v) is 3.19. The molecule has 0 saturated heterocycles. The van der Waals surface area contributed by atoms with Gasteiger partial charge in [0.2, 0.25) is 0 Å². The van der Waals surface area contributed by atoms with Crippen LogP contribution in [0, 0.1) is 3.57 Å². The Kier molecular flexibility index (Phi) is 5.76. The van der Waals surface area contributed by atoms with Gasteiger partial charge in [0.1, 0.15) is 0 Å². The molecule has 88 valence electrons. The van der Waals surface area contributed by atoms with E-state index in [9.17, 15) is 4.79 Å². The highest BCUT2D eigenvalue weighted by atomic mass is 127. The highest BCUT2D eigenvalue weighted by Gasteiger charge is 2.11. The number of halogens is 1. The first-order valence-electron chi connectivity index (χ1n) is 5.19. The van der Waals surface area contributed by atoms with Gasteiger partial charge in [0.25, 0.3) is 5.91 Å². The molecule has 16 heavy (non-hydrogen) atoms. The summed E-state index contributed by atoms with van der Waals surface area (Å²) in [7, 11) is 1.66. The molecule has 0 aliphatic rings. The maximum Gasteiger partial charge on any atom is 0.252 e. The van der Waals surface area contributed by atoms with Crippen molar-refractivity contribution in [1.82, 2.24) is 5.32 Å². The van der Waals surface area contributed by atoms with Crippen LogP contribution < -0.4 is 5.32 Å². The molecular formula is C12H16INO2. The first-order valence-corrected chi connectivity index (χ1v) is 6.27. The Morgan fingerprint density at radius 1 is 1.50 bits per heavy atom. The van der Waals surface area contributed by atoms with Crippen molar-refractivity contribution in [3.05, 3.63) is 33.4 Å². The van der Waals surface area contributed by atoms with Gasteiger partial charge in [-0.05, 0) is 48.1 Å². The summed E-state index contributed by atoms with van der Waals surface area (Å²) in [6.07, 6.45) is 0.825. The SMILES string of the molecule is COCCC(C)NC(=O)c1ccccc1I. The van der Waals surface area contributed by atoms with Gasteiger partial charge in [0.15, 0.2) is 0 Å². The molecule has 4 heteroatoms. The molecule has 0 aliphatic carbocycles. The number of amides is 1. The number of hydrogen-bond donors (Lipinski definition) is 1. The average Bonchev–Trinajstić information content (AvgIpc) is 2.26. The van der Waals surface area contributed by atoms with Crippen molar-refractivity contribution in [2.24, 2.45) is 0 Å². The molecule has 1 atom stereocenters.